The first kappa shape index (κ1) is 9.52. The lowest BCUT2D eigenvalue weighted by Gasteiger charge is -2.30. The van der Waals surface area contributed by atoms with E-state index in [9.17, 15) is 8.78 Å². The second-order valence-electron chi connectivity index (χ2n) is 3.90. The first-order chi connectivity index (χ1) is 6.49. The summed E-state index contributed by atoms with van der Waals surface area (Å²) in [6.07, 6.45) is 1.50. The van der Waals surface area contributed by atoms with Gasteiger partial charge >= 0.3 is 5.92 Å². The van der Waals surface area contributed by atoms with Crippen LogP contribution in [0.1, 0.15) is 16.8 Å². The van der Waals surface area contributed by atoms with E-state index in [0.717, 1.165) is 5.56 Å². The van der Waals surface area contributed by atoms with E-state index in [-0.39, 0.29) is 12.2 Å². The van der Waals surface area contributed by atoms with Gasteiger partial charge in [-0.1, -0.05) is 6.07 Å². The SMILES string of the molecule is Cc1cnc2c(c1)CN(C)CC2(F)F. The minimum Gasteiger partial charge on any atom is -0.296 e. The highest BCUT2D eigenvalue weighted by molar-refractivity contribution is 5.29. The zero-order chi connectivity index (χ0) is 10.3. The molecule has 0 radical (unpaired) electrons. The topological polar surface area (TPSA) is 16.1 Å². The van der Waals surface area contributed by atoms with E-state index in [2.05, 4.69) is 4.98 Å². The number of aryl methyl sites for hydroxylation is 1. The summed E-state index contributed by atoms with van der Waals surface area (Å²) in [4.78, 5) is 5.44. The lowest BCUT2D eigenvalue weighted by Crippen LogP contribution is -2.38. The number of nitrogens with zero attached hydrogens (tertiary/aromatic N) is 2. The Morgan fingerprint density at radius 3 is 2.93 bits per heavy atom. The molecule has 76 valence electrons. The van der Waals surface area contributed by atoms with Crippen LogP contribution in [0.3, 0.4) is 0 Å². The van der Waals surface area contributed by atoms with Crippen molar-refractivity contribution in [2.24, 2.45) is 0 Å². The van der Waals surface area contributed by atoms with Gasteiger partial charge < -0.3 is 0 Å². The van der Waals surface area contributed by atoms with E-state index in [1.54, 1.807) is 18.0 Å². The Morgan fingerprint density at radius 2 is 2.21 bits per heavy atom. The number of fused-ring (bicyclic) bond motifs is 1. The van der Waals surface area contributed by atoms with Crippen molar-refractivity contribution in [3.8, 4) is 0 Å². The number of aromatic nitrogens is 1. The summed E-state index contributed by atoms with van der Waals surface area (Å²) in [5, 5.41) is 0. The molecular weight excluding hydrogens is 186 g/mol. The lowest BCUT2D eigenvalue weighted by molar-refractivity contribution is -0.0497. The Morgan fingerprint density at radius 1 is 1.50 bits per heavy atom. The standard InChI is InChI=1S/C10H12F2N2/c1-7-3-8-5-14(2)6-10(11,12)9(8)13-4-7/h3-4H,5-6H2,1-2H3. The molecule has 4 heteroatoms. The predicted molar refractivity (Wildman–Crippen MR) is 49.2 cm³/mol. The van der Waals surface area contributed by atoms with Crippen molar-refractivity contribution in [3.63, 3.8) is 0 Å². The number of halogens is 2. The summed E-state index contributed by atoms with van der Waals surface area (Å²) in [6.45, 7) is 2.18. The summed E-state index contributed by atoms with van der Waals surface area (Å²) < 4.78 is 27.0. The smallest absolute Gasteiger partial charge is 0.296 e. The van der Waals surface area contributed by atoms with E-state index in [4.69, 9.17) is 0 Å². The summed E-state index contributed by atoms with van der Waals surface area (Å²) in [6, 6.07) is 1.78. The van der Waals surface area contributed by atoms with Gasteiger partial charge in [-0.05, 0) is 25.1 Å². The molecule has 1 aliphatic heterocycles. The van der Waals surface area contributed by atoms with Crippen molar-refractivity contribution in [1.82, 2.24) is 9.88 Å². The fraction of sp³-hybridized carbons (Fsp3) is 0.500. The number of pyridine rings is 1. The molecule has 0 fully saturated rings. The molecule has 2 nitrogen and oxygen atoms in total. The van der Waals surface area contributed by atoms with E-state index >= 15 is 0 Å². The van der Waals surface area contributed by atoms with Crippen LogP contribution in [0.4, 0.5) is 8.78 Å². The highest BCUT2D eigenvalue weighted by Crippen LogP contribution is 2.34. The van der Waals surface area contributed by atoms with Gasteiger partial charge in [-0.2, -0.15) is 8.78 Å². The molecule has 0 atom stereocenters. The van der Waals surface area contributed by atoms with Gasteiger partial charge in [0.25, 0.3) is 0 Å². The third-order valence-electron chi connectivity index (χ3n) is 2.36. The molecule has 0 saturated heterocycles. The molecule has 0 unspecified atom stereocenters. The van der Waals surface area contributed by atoms with Crippen LogP contribution < -0.4 is 0 Å². The minimum absolute atomic E-state index is 0.0544. The molecule has 0 bridgehead atoms. The summed E-state index contributed by atoms with van der Waals surface area (Å²) >= 11 is 0. The Balaban J connectivity index is 2.52. The summed E-state index contributed by atoms with van der Waals surface area (Å²) in [7, 11) is 1.69. The van der Waals surface area contributed by atoms with E-state index < -0.39 is 5.92 Å². The number of hydrogen-bond acceptors (Lipinski definition) is 2. The first-order valence-electron chi connectivity index (χ1n) is 4.51. The van der Waals surface area contributed by atoms with E-state index in [1.165, 1.54) is 6.20 Å². The van der Waals surface area contributed by atoms with Crippen LogP contribution in [0, 0.1) is 6.92 Å². The molecule has 0 amide bonds. The van der Waals surface area contributed by atoms with Crippen LogP contribution >= 0.6 is 0 Å². The summed E-state index contributed by atoms with van der Waals surface area (Å²) in [5.74, 6) is -2.81. The second-order valence-corrected chi connectivity index (χ2v) is 3.90. The van der Waals surface area contributed by atoms with Gasteiger partial charge in [0.15, 0.2) is 0 Å². The van der Waals surface area contributed by atoms with Crippen LogP contribution in [-0.4, -0.2) is 23.5 Å². The average molecular weight is 198 g/mol. The number of likely N-dealkylation sites (N-methyl/N-ethyl adjacent to an activating group) is 1. The Bertz CT molecular complexity index is 363. The van der Waals surface area contributed by atoms with Gasteiger partial charge in [-0.25, -0.2) is 0 Å². The van der Waals surface area contributed by atoms with Gasteiger partial charge in [0.2, 0.25) is 0 Å². The summed E-state index contributed by atoms with van der Waals surface area (Å²) in [5.41, 5.74) is 1.51. The zero-order valence-corrected chi connectivity index (χ0v) is 8.22. The van der Waals surface area contributed by atoms with Crippen molar-refractivity contribution in [2.75, 3.05) is 13.6 Å². The largest absolute Gasteiger partial charge is 0.302 e. The zero-order valence-electron chi connectivity index (χ0n) is 8.22. The quantitative estimate of drug-likeness (QED) is 0.633. The molecule has 1 aliphatic rings. The molecule has 0 aromatic carbocycles. The lowest BCUT2D eigenvalue weighted by atomic mass is 10.0. The molecule has 2 heterocycles. The van der Waals surface area contributed by atoms with Gasteiger partial charge in [-0.3, -0.25) is 9.88 Å². The maximum atomic E-state index is 13.5. The third-order valence-corrected chi connectivity index (χ3v) is 2.36. The second kappa shape index (κ2) is 2.98. The van der Waals surface area contributed by atoms with Gasteiger partial charge in [-0.15, -0.1) is 0 Å². The van der Waals surface area contributed by atoms with Crippen molar-refractivity contribution < 1.29 is 8.78 Å². The Kier molecular flexibility index (Phi) is 2.03. The van der Waals surface area contributed by atoms with Gasteiger partial charge in [0.1, 0.15) is 5.69 Å². The van der Waals surface area contributed by atoms with Crippen molar-refractivity contribution in [1.29, 1.82) is 0 Å². The maximum Gasteiger partial charge on any atom is 0.302 e. The number of rotatable bonds is 0. The molecule has 0 N–H and O–H groups in total. The van der Waals surface area contributed by atoms with E-state index in [0.29, 0.717) is 12.1 Å². The van der Waals surface area contributed by atoms with Crippen molar-refractivity contribution >= 4 is 0 Å². The molecular formula is C10H12F2N2. The molecule has 0 saturated carbocycles. The molecule has 0 aliphatic carbocycles. The average Bonchev–Trinajstić information content (AvgIpc) is 2.00. The number of hydrogen-bond donors (Lipinski definition) is 0. The predicted octanol–water partition coefficient (Wildman–Crippen LogP) is 1.93. The van der Waals surface area contributed by atoms with Crippen LogP contribution in [0.2, 0.25) is 0 Å². The van der Waals surface area contributed by atoms with Crippen LogP contribution in [-0.2, 0) is 12.5 Å². The molecule has 2 rings (SSSR count). The Labute approximate surface area is 81.6 Å². The van der Waals surface area contributed by atoms with Crippen LogP contribution in [0.15, 0.2) is 12.3 Å². The molecule has 0 spiro atoms. The number of alkyl halides is 2. The molecule has 1 aromatic heterocycles. The minimum atomic E-state index is -2.81. The van der Waals surface area contributed by atoms with Crippen molar-refractivity contribution in [3.05, 3.63) is 29.1 Å². The highest BCUT2D eigenvalue weighted by atomic mass is 19.3. The third kappa shape index (κ3) is 1.50. The molecule has 1 aromatic rings. The van der Waals surface area contributed by atoms with Crippen molar-refractivity contribution in [2.45, 2.75) is 19.4 Å². The first-order valence-corrected chi connectivity index (χ1v) is 4.51. The normalized spacial score (nSPS) is 20.6. The van der Waals surface area contributed by atoms with Crippen LogP contribution in [0.5, 0.6) is 0 Å². The van der Waals surface area contributed by atoms with Crippen LogP contribution in [0.25, 0.3) is 0 Å². The molecule has 14 heavy (non-hydrogen) atoms. The van der Waals surface area contributed by atoms with E-state index in [1.807, 2.05) is 6.92 Å². The van der Waals surface area contributed by atoms with Gasteiger partial charge in [0, 0.05) is 12.7 Å². The highest BCUT2D eigenvalue weighted by Gasteiger charge is 2.40. The monoisotopic (exact) mass is 198 g/mol. The fourth-order valence-electron chi connectivity index (χ4n) is 1.84. The fourth-order valence-corrected chi connectivity index (χ4v) is 1.84. The van der Waals surface area contributed by atoms with Gasteiger partial charge in [0.05, 0.1) is 6.54 Å². The Hall–Kier alpha value is -1.03. The maximum absolute atomic E-state index is 13.5.